The highest BCUT2D eigenvalue weighted by Crippen LogP contribution is 2.44. The molecule has 3 N–H and O–H groups in total. The van der Waals surface area contributed by atoms with E-state index in [0.29, 0.717) is 32.8 Å². The zero-order chi connectivity index (χ0) is 28.4. The molecule has 1 aliphatic rings. The first-order chi connectivity index (χ1) is 19.1. The molecule has 41 heavy (non-hydrogen) atoms. The molecule has 2 atom stereocenters. The van der Waals surface area contributed by atoms with Crippen LogP contribution in [-0.4, -0.2) is 33.3 Å². The summed E-state index contributed by atoms with van der Waals surface area (Å²) in [6.07, 6.45) is -0.283. The zero-order valence-electron chi connectivity index (χ0n) is 21.5. The lowest BCUT2D eigenvalue weighted by Crippen LogP contribution is -2.32. The number of nitrogens with two attached hydrogens (primary N) is 1. The molecule has 0 spiro atoms. The lowest BCUT2D eigenvalue weighted by Gasteiger charge is -2.25. The number of aromatic nitrogens is 2. The van der Waals surface area contributed by atoms with Crippen molar-refractivity contribution in [2.24, 2.45) is 5.73 Å². The molecule has 4 aromatic rings. The molecule has 0 aliphatic heterocycles. The standard InChI is InChI=1S/C29H25ClF3N3O3S.ClH/c30-19-10-11-20(21(13-19)17-4-2-1-3-5-17)26(29(31,32)33)39-27-25-24(35-15-36-27)22(14-40-25)18-8-6-16(7-9-18)12-23(34)28(37)38;/h4,6-11,13-15,23,26H,1-3,5,12,34H2,(H,37,38);1H/t23-,26+;/m0./s1. The third-order valence-corrected chi connectivity index (χ3v) is 8.01. The number of nitrogens with zero attached hydrogens (tertiary/aromatic N) is 2. The molecule has 216 valence electrons. The summed E-state index contributed by atoms with van der Waals surface area (Å²) in [7, 11) is 0. The molecule has 12 heteroatoms. The van der Waals surface area contributed by atoms with E-state index in [9.17, 15) is 18.0 Å². The number of rotatable bonds is 8. The van der Waals surface area contributed by atoms with Crippen LogP contribution in [0.2, 0.25) is 5.02 Å². The Balaban J connectivity index is 0.00000387. The van der Waals surface area contributed by atoms with Crippen molar-refractivity contribution in [1.29, 1.82) is 0 Å². The Kier molecular flexibility index (Phi) is 9.59. The fraction of sp³-hybridized carbons (Fsp3) is 0.276. The van der Waals surface area contributed by atoms with E-state index in [0.717, 1.165) is 36.0 Å². The van der Waals surface area contributed by atoms with Gasteiger partial charge in [-0.15, -0.1) is 23.7 Å². The second-order valence-electron chi connectivity index (χ2n) is 9.60. The number of alkyl halides is 3. The summed E-state index contributed by atoms with van der Waals surface area (Å²) in [5, 5.41) is 11.2. The van der Waals surface area contributed by atoms with E-state index in [1.165, 1.54) is 29.8 Å². The minimum atomic E-state index is -4.72. The molecule has 2 aromatic heterocycles. The molecule has 0 unspecified atom stereocenters. The highest BCUT2D eigenvalue weighted by Gasteiger charge is 2.45. The summed E-state index contributed by atoms with van der Waals surface area (Å²) in [6.45, 7) is 0. The number of halogens is 5. The summed E-state index contributed by atoms with van der Waals surface area (Å²) in [5.74, 6) is -1.25. The predicted octanol–water partition coefficient (Wildman–Crippen LogP) is 8.03. The number of hydrogen-bond acceptors (Lipinski definition) is 6. The largest absolute Gasteiger partial charge is 0.480 e. The van der Waals surface area contributed by atoms with Crippen LogP contribution in [0.5, 0.6) is 5.88 Å². The third kappa shape index (κ3) is 6.83. The number of benzene rings is 2. The number of carboxylic acid groups (broad SMARTS) is 1. The molecule has 0 radical (unpaired) electrons. The molecule has 0 fully saturated rings. The van der Waals surface area contributed by atoms with Crippen molar-refractivity contribution in [3.63, 3.8) is 0 Å². The van der Waals surface area contributed by atoms with Crippen molar-refractivity contribution in [2.45, 2.75) is 50.4 Å². The molecule has 5 rings (SSSR count). The van der Waals surface area contributed by atoms with Crippen LogP contribution in [0.15, 0.2) is 60.2 Å². The molecular formula is C29H26Cl2F3N3O3S. The van der Waals surface area contributed by atoms with Crippen molar-refractivity contribution in [1.82, 2.24) is 9.97 Å². The van der Waals surface area contributed by atoms with Crippen LogP contribution in [0.3, 0.4) is 0 Å². The van der Waals surface area contributed by atoms with Crippen LogP contribution in [0.4, 0.5) is 13.2 Å². The maximum atomic E-state index is 14.5. The first-order valence-corrected chi connectivity index (χ1v) is 13.9. The van der Waals surface area contributed by atoms with Gasteiger partial charge < -0.3 is 15.6 Å². The van der Waals surface area contributed by atoms with E-state index in [4.69, 9.17) is 27.2 Å². The second-order valence-corrected chi connectivity index (χ2v) is 10.9. The number of ether oxygens (including phenoxy) is 1. The highest BCUT2D eigenvalue weighted by atomic mass is 35.5. The van der Waals surface area contributed by atoms with Gasteiger partial charge in [-0.3, -0.25) is 4.79 Å². The minimum Gasteiger partial charge on any atom is -0.480 e. The van der Waals surface area contributed by atoms with Gasteiger partial charge in [-0.2, -0.15) is 13.2 Å². The summed E-state index contributed by atoms with van der Waals surface area (Å²) >= 11 is 7.39. The number of carbonyl (C=O) groups is 1. The fourth-order valence-corrected chi connectivity index (χ4v) is 5.95. The number of thiophene rings is 1. The fourth-order valence-electron chi connectivity index (χ4n) is 4.82. The molecule has 0 bridgehead atoms. The van der Waals surface area contributed by atoms with Gasteiger partial charge >= 0.3 is 12.1 Å². The molecular weight excluding hydrogens is 598 g/mol. The molecule has 0 saturated carbocycles. The average molecular weight is 625 g/mol. The average Bonchev–Trinajstić information content (AvgIpc) is 3.37. The van der Waals surface area contributed by atoms with Crippen LogP contribution in [0.25, 0.3) is 26.9 Å². The molecule has 2 heterocycles. The van der Waals surface area contributed by atoms with Gasteiger partial charge in [0.1, 0.15) is 17.1 Å². The summed E-state index contributed by atoms with van der Waals surface area (Å²) in [4.78, 5) is 19.5. The lowest BCUT2D eigenvalue weighted by molar-refractivity contribution is -0.198. The number of carboxylic acids is 1. The van der Waals surface area contributed by atoms with E-state index in [1.54, 1.807) is 35.7 Å². The lowest BCUT2D eigenvalue weighted by atomic mass is 9.89. The Morgan fingerprint density at radius 1 is 1.12 bits per heavy atom. The third-order valence-electron chi connectivity index (χ3n) is 6.82. The van der Waals surface area contributed by atoms with E-state index in [2.05, 4.69) is 9.97 Å². The van der Waals surface area contributed by atoms with Crippen molar-refractivity contribution < 1.29 is 27.8 Å². The number of allylic oxidation sites excluding steroid dienone is 2. The van der Waals surface area contributed by atoms with Crippen LogP contribution in [-0.2, 0) is 11.2 Å². The van der Waals surface area contributed by atoms with Crippen LogP contribution >= 0.6 is 35.3 Å². The van der Waals surface area contributed by atoms with E-state index in [-0.39, 0.29) is 30.3 Å². The van der Waals surface area contributed by atoms with Crippen molar-refractivity contribution in [3.05, 3.63) is 82.0 Å². The van der Waals surface area contributed by atoms with Gasteiger partial charge in [0.05, 0.1) is 5.52 Å². The van der Waals surface area contributed by atoms with Gasteiger partial charge in [-0.1, -0.05) is 48.0 Å². The maximum absolute atomic E-state index is 14.5. The summed E-state index contributed by atoms with van der Waals surface area (Å²) in [6, 6.07) is 10.5. The number of hydrogen-bond donors (Lipinski definition) is 2. The van der Waals surface area contributed by atoms with Gasteiger partial charge in [-0.05, 0) is 66.5 Å². The van der Waals surface area contributed by atoms with Crippen molar-refractivity contribution in [3.8, 4) is 17.0 Å². The van der Waals surface area contributed by atoms with Gasteiger partial charge in [-0.25, -0.2) is 9.97 Å². The minimum absolute atomic E-state index is 0. The smallest absolute Gasteiger partial charge is 0.429 e. The van der Waals surface area contributed by atoms with Crippen molar-refractivity contribution >= 4 is 57.1 Å². The number of fused-ring (bicyclic) bond motifs is 1. The maximum Gasteiger partial charge on any atom is 0.429 e. The topological polar surface area (TPSA) is 98.3 Å². The van der Waals surface area contributed by atoms with E-state index in [1.807, 2.05) is 6.08 Å². The van der Waals surface area contributed by atoms with Crippen LogP contribution in [0, 0.1) is 0 Å². The molecule has 2 aromatic carbocycles. The molecule has 1 aliphatic carbocycles. The quantitative estimate of drug-likeness (QED) is 0.206. The Hall–Kier alpha value is -3.18. The SMILES string of the molecule is Cl.N[C@@H](Cc1ccc(-c2csc3c(O[C@H](c4ccc(Cl)cc4C4=CCCCC4)C(F)(F)F)ncnc23)cc1)C(=O)O. The van der Waals surface area contributed by atoms with Gasteiger partial charge in [0, 0.05) is 21.5 Å². The Bertz CT molecular complexity index is 1580. The van der Waals surface area contributed by atoms with Crippen LogP contribution in [0.1, 0.15) is 48.5 Å². The predicted molar refractivity (Wildman–Crippen MR) is 157 cm³/mol. The van der Waals surface area contributed by atoms with Crippen molar-refractivity contribution in [2.75, 3.05) is 0 Å². The first kappa shape index (κ1) is 30.8. The van der Waals surface area contributed by atoms with Gasteiger partial charge in [0.2, 0.25) is 12.0 Å². The van der Waals surface area contributed by atoms with E-state index >= 15 is 0 Å². The Labute approximate surface area is 249 Å². The molecule has 0 saturated heterocycles. The van der Waals surface area contributed by atoms with E-state index < -0.39 is 24.3 Å². The normalized spacial score (nSPS) is 15.1. The Morgan fingerprint density at radius 2 is 1.88 bits per heavy atom. The molecule has 0 amide bonds. The van der Waals surface area contributed by atoms with Crippen LogP contribution < -0.4 is 10.5 Å². The number of aliphatic carboxylic acids is 1. The monoisotopic (exact) mass is 623 g/mol. The zero-order valence-corrected chi connectivity index (χ0v) is 23.9. The Morgan fingerprint density at radius 3 is 2.54 bits per heavy atom. The summed E-state index contributed by atoms with van der Waals surface area (Å²) in [5.41, 5.74) is 9.55. The second kappa shape index (κ2) is 12.8. The van der Waals surface area contributed by atoms with Gasteiger partial charge in [0.25, 0.3) is 0 Å². The molecule has 6 nitrogen and oxygen atoms in total. The van der Waals surface area contributed by atoms with Gasteiger partial charge in [0.15, 0.2) is 0 Å². The summed E-state index contributed by atoms with van der Waals surface area (Å²) < 4.78 is 49.6. The highest BCUT2D eigenvalue weighted by molar-refractivity contribution is 7.18. The first-order valence-electron chi connectivity index (χ1n) is 12.6.